The first-order chi connectivity index (χ1) is 14.8. The van der Waals surface area contributed by atoms with Crippen LogP contribution < -0.4 is 4.74 Å². The Morgan fingerprint density at radius 2 is 2.06 bits per heavy atom. The highest BCUT2D eigenvalue weighted by atomic mass is 19.1. The van der Waals surface area contributed by atoms with E-state index < -0.39 is 0 Å². The second-order valence-corrected chi connectivity index (χ2v) is 9.02. The minimum Gasteiger partial charge on any atom is -0.477 e. The van der Waals surface area contributed by atoms with Crippen LogP contribution in [-0.4, -0.2) is 32.2 Å². The van der Waals surface area contributed by atoms with Gasteiger partial charge in [0.05, 0.1) is 12.3 Å². The van der Waals surface area contributed by atoms with E-state index in [0.29, 0.717) is 30.2 Å². The number of pyridine rings is 1. The smallest absolute Gasteiger partial charge is 0.260 e. The van der Waals surface area contributed by atoms with Gasteiger partial charge in [-0.15, -0.1) is 0 Å². The third-order valence-electron chi connectivity index (χ3n) is 6.26. The number of benzene rings is 1. The molecule has 0 unspecified atom stereocenters. The summed E-state index contributed by atoms with van der Waals surface area (Å²) >= 11 is 0. The van der Waals surface area contributed by atoms with E-state index in [1.165, 1.54) is 6.07 Å². The number of aromatic nitrogens is 3. The zero-order chi connectivity index (χ0) is 21.8. The van der Waals surface area contributed by atoms with Crippen LogP contribution in [0.3, 0.4) is 0 Å². The lowest BCUT2D eigenvalue weighted by molar-refractivity contribution is 0.0760. The molecule has 1 aliphatic heterocycles. The van der Waals surface area contributed by atoms with E-state index in [2.05, 4.69) is 17.0 Å². The Morgan fingerprint density at radius 3 is 2.74 bits per heavy atom. The van der Waals surface area contributed by atoms with Crippen molar-refractivity contribution in [1.82, 2.24) is 19.7 Å². The van der Waals surface area contributed by atoms with E-state index in [1.807, 2.05) is 32.3 Å². The van der Waals surface area contributed by atoms with Gasteiger partial charge in [-0.05, 0) is 43.0 Å². The number of hydrogen-bond acceptors (Lipinski definition) is 4. The molecule has 1 aliphatic carbocycles. The molecule has 1 fully saturated rings. The third kappa shape index (κ3) is 3.69. The molecule has 0 spiro atoms. The summed E-state index contributed by atoms with van der Waals surface area (Å²) in [7, 11) is 1.84. The molecule has 0 bridgehead atoms. The highest BCUT2D eigenvalue weighted by Crippen LogP contribution is 2.45. The van der Waals surface area contributed by atoms with E-state index in [9.17, 15) is 9.18 Å². The van der Waals surface area contributed by atoms with E-state index in [0.717, 1.165) is 35.2 Å². The van der Waals surface area contributed by atoms with Crippen LogP contribution in [0.25, 0.3) is 11.1 Å². The normalized spacial score (nSPS) is 16.5. The monoisotopic (exact) mass is 420 g/mol. The molecular formula is C24H25FN4O2. The highest BCUT2D eigenvalue weighted by molar-refractivity contribution is 6.00. The van der Waals surface area contributed by atoms with Gasteiger partial charge in [0.25, 0.3) is 5.91 Å². The van der Waals surface area contributed by atoms with Crippen LogP contribution in [0.1, 0.15) is 46.9 Å². The number of aryl methyl sites for hydroxylation is 2. The standard InChI is InChI=1S/C24H25FN4O2/c1-15-19(13-28(3)27-15)16-4-5-17(20(25)10-16)11-29-12-18-6-9-26-22(21(18)23(29)30)31-14-24(2)7-8-24/h4-6,9-10,13H,7-8,11-12,14H2,1-3H3. The van der Waals surface area contributed by atoms with Crippen molar-refractivity contribution in [3.63, 3.8) is 0 Å². The van der Waals surface area contributed by atoms with Crippen molar-refractivity contribution in [3.8, 4) is 17.0 Å². The SMILES string of the molecule is Cc1nn(C)cc1-c1ccc(CN2Cc3ccnc(OCC4(C)CC4)c3C2=O)c(F)c1. The number of fused-ring (bicyclic) bond motifs is 1. The molecule has 1 saturated carbocycles. The molecular weight excluding hydrogens is 395 g/mol. The molecule has 3 heterocycles. The predicted molar refractivity (Wildman–Crippen MR) is 114 cm³/mol. The fourth-order valence-electron chi connectivity index (χ4n) is 4.05. The number of ether oxygens (including phenoxy) is 1. The maximum atomic E-state index is 14.9. The molecule has 1 amide bonds. The van der Waals surface area contributed by atoms with Gasteiger partial charge in [0.15, 0.2) is 0 Å². The van der Waals surface area contributed by atoms with Crippen molar-refractivity contribution in [2.45, 2.75) is 39.8 Å². The van der Waals surface area contributed by atoms with E-state index in [4.69, 9.17) is 4.74 Å². The molecule has 31 heavy (non-hydrogen) atoms. The fourth-order valence-corrected chi connectivity index (χ4v) is 4.05. The molecule has 0 atom stereocenters. The Bertz CT molecular complexity index is 1180. The zero-order valence-corrected chi connectivity index (χ0v) is 18.0. The Morgan fingerprint density at radius 1 is 1.26 bits per heavy atom. The summed E-state index contributed by atoms with van der Waals surface area (Å²) in [4.78, 5) is 19.0. The van der Waals surface area contributed by atoms with Crippen molar-refractivity contribution in [3.05, 3.63) is 64.9 Å². The van der Waals surface area contributed by atoms with Gasteiger partial charge in [-0.2, -0.15) is 5.10 Å². The highest BCUT2D eigenvalue weighted by Gasteiger charge is 2.39. The van der Waals surface area contributed by atoms with Crippen LogP contribution in [0, 0.1) is 18.2 Å². The summed E-state index contributed by atoms with van der Waals surface area (Å²) in [6.07, 6.45) is 5.82. The average Bonchev–Trinajstić information content (AvgIpc) is 3.25. The van der Waals surface area contributed by atoms with Crippen molar-refractivity contribution < 1.29 is 13.9 Å². The topological polar surface area (TPSA) is 60.3 Å². The van der Waals surface area contributed by atoms with Crippen molar-refractivity contribution in [1.29, 1.82) is 0 Å². The van der Waals surface area contributed by atoms with Gasteiger partial charge in [-0.1, -0.05) is 19.1 Å². The number of nitrogens with zero attached hydrogens (tertiary/aromatic N) is 4. The summed E-state index contributed by atoms with van der Waals surface area (Å²) in [6.45, 7) is 5.26. The minimum atomic E-state index is -0.333. The summed E-state index contributed by atoms with van der Waals surface area (Å²) in [5, 5.41) is 4.32. The maximum absolute atomic E-state index is 14.9. The number of hydrogen-bond donors (Lipinski definition) is 0. The largest absolute Gasteiger partial charge is 0.477 e. The summed E-state index contributed by atoms with van der Waals surface area (Å²) in [5.74, 6) is -0.104. The molecule has 2 aliphatic rings. The third-order valence-corrected chi connectivity index (χ3v) is 6.26. The van der Waals surface area contributed by atoms with E-state index in [1.54, 1.807) is 21.8 Å². The molecule has 0 N–H and O–H groups in total. The first-order valence-electron chi connectivity index (χ1n) is 10.5. The molecule has 0 radical (unpaired) electrons. The minimum absolute atomic E-state index is 0.161. The molecule has 6 nitrogen and oxygen atoms in total. The maximum Gasteiger partial charge on any atom is 0.260 e. The Hall–Kier alpha value is -3.22. The second kappa shape index (κ2) is 7.18. The van der Waals surface area contributed by atoms with E-state index >= 15 is 0 Å². The van der Waals surface area contributed by atoms with Crippen LogP contribution in [-0.2, 0) is 20.1 Å². The summed E-state index contributed by atoms with van der Waals surface area (Å²) < 4.78 is 22.5. The van der Waals surface area contributed by atoms with Crippen molar-refractivity contribution >= 4 is 5.91 Å². The molecule has 7 heteroatoms. The first kappa shape index (κ1) is 19.7. The molecule has 160 valence electrons. The van der Waals surface area contributed by atoms with Gasteiger partial charge >= 0.3 is 0 Å². The van der Waals surface area contributed by atoms with Crippen molar-refractivity contribution in [2.24, 2.45) is 12.5 Å². The number of carbonyl (C=O) groups excluding carboxylic acids is 1. The summed E-state index contributed by atoms with van der Waals surface area (Å²) in [6, 6.07) is 6.97. The lowest BCUT2D eigenvalue weighted by Crippen LogP contribution is -2.24. The van der Waals surface area contributed by atoms with Gasteiger partial charge in [0.1, 0.15) is 11.4 Å². The van der Waals surface area contributed by atoms with Gasteiger partial charge in [0, 0.05) is 49.1 Å². The molecule has 2 aromatic heterocycles. The van der Waals surface area contributed by atoms with Crippen LogP contribution in [0.5, 0.6) is 5.88 Å². The number of amides is 1. The quantitative estimate of drug-likeness (QED) is 0.598. The van der Waals surface area contributed by atoms with Gasteiger partial charge in [-0.25, -0.2) is 9.37 Å². The fraction of sp³-hybridized carbons (Fsp3) is 0.375. The predicted octanol–water partition coefficient (Wildman–Crippen LogP) is 4.26. The molecule has 5 rings (SSSR count). The summed E-state index contributed by atoms with van der Waals surface area (Å²) in [5.41, 5.74) is 4.58. The van der Waals surface area contributed by atoms with E-state index in [-0.39, 0.29) is 23.7 Å². The number of carbonyl (C=O) groups is 1. The lowest BCUT2D eigenvalue weighted by Gasteiger charge is -2.17. The Labute approximate surface area is 180 Å². The van der Waals surface area contributed by atoms with Crippen LogP contribution >= 0.6 is 0 Å². The van der Waals surface area contributed by atoms with Gasteiger partial charge < -0.3 is 9.64 Å². The zero-order valence-electron chi connectivity index (χ0n) is 18.0. The van der Waals surface area contributed by atoms with Gasteiger partial charge in [-0.3, -0.25) is 9.48 Å². The Kier molecular flexibility index (Phi) is 4.57. The van der Waals surface area contributed by atoms with Crippen LogP contribution in [0.2, 0.25) is 0 Å². The first-order valence-corrected chi connectivity index (χ1v) is 10.5. The number of rotatable bonds is 6. The lowest BCUT2D eigenvalue weighted by atomic mass is 10.0. The number of halogens is 1. The average molecular weight is 420 g/mol. The Balaban J connectivity index is 1.34. The molecule has 0 saturated heterocycles. The van der Waals surface area contributed by atoms with Gasteiger partial charge in [0.2, 0.25) is 5.88 Å². The van der Waals surface area contributed by atoms with Crippen LogP contribution in [0.4, 0.5) is 4.39 Å². The molecule has 1 aromatic carbocycles. The molecule has 3 aromatic rings. The second-order valence-electron chi connectivity index (χ2n) is 9.02. The van der Waals surface area contributed by atoms with Crippen molar-refractivity contribution in [2.75, 3.05) is 6.61 Å². The van der Waals surface area contributed by atoms with Crippen LogP contribution in [0.15, 0.2) is 36.7 Å².